The molecule has 0 aliphatic heterocycles. The largest absolute Gasteiger partial charge is 0.388 e. The highest BCUT2D eigenvalue weighted by molar-refractivity contribution is 5.90. The molecule has 0 saturated carbocycles. The Morgan fingerprint density at radius 3 is 2.56 bits per heavy atom. The van der Waals surface area contributed by atoms with Crippen LogP contribution in [0.4, 0.5) is 14.5 Å². The summed E-state index contributed by atoms with van der Waals surface area (Å²) in [6, 6.07) is 12.4. The number of carbonyl (C=O) groups is 1. The van der Waals surface area contributed by atoms with Crippen LogP contribution >= 0.6 is 0 Å². The number of aliphatic hydroxyl groups is 1. The quantitative estimate of drug-likeness (QED) is 0.769. The van der Waals surface area contributed by atoms with Crippen molar-refractivity contribution in [2.45, 2.75) is 18.9 Å². The van der Waals surface area contributed by atoms with Gasteiger partial charge in [0.05, 0.1) is 11.8 Å². The van der Waals surface area contributed by atoms with E-state index < -0.39 is 17.7 Å². The lowest BCUT2D eigenvalue weighted by Crippen LogP contribution is -2.26. The van der Waals surface area contributed by atoms with Gasteiger partial charge in [-0.1, -0.05) is 30.3 Å². The standard InChI is InChI=1S/C19H22F2N2O2/c1-23(11-9-18(24)14-5-3-2-4-6-14)12-10-19(25)22-17-8-7-15(20)13-16(17)21/h2-8,13,18,24H,9-12H2,1H3,(H,22,25)/t18-/m0/s1. The van der Waals surface area contributed by atoms with Crippen molar-refractivity contribution in [3.8, 4) is 0 Å². The summed E-state index contributed by atoms with van der Waals surface area (Å²) < 4.78 is 26.3. The number of amides is 1. The molecule has 0 unspecified atom stereocenters. The van der Waals surface area contributed by atoms with E-state index in [1.807, 2.05) is 42.3 Å². The van der Waals surface area contributed by atoms with Crippen molar-refractivity contribution in [2.24, 2.45) is 0 Å². The Labute approximate surface area is 146 Å². The van der Waals surface area contributed by atoms with Crippen LogP contribution in [0.5, 0.6) is 0 Å². The van der Waals surface area contributed by atoms with Crippen LogP contribution in [0.2, 0.25) is 0 Å². The van der Waals surface area contributed by atoms with E-state index in [0.717, 1.165) is 17.7 Å². The first-order chi connectivity index (χ1) is 12.0. The Hall–Kier alpha value is -2.31. The molecule has 2 N–H and O–H groups in total. The maximum absolute atomic E-state index is 13.5. The van der Waals surface area contributed by atoms with E-state index in [1.54, 1.807) is 0 Å². The lowest BCUT2D eigenvalue weighted by Gasteiger charge is -2.19. The molecule has 25 heavy (non-hydrogen) atoms. The van der Waals surface area contributed by atoms with Crippen LogP contribution in [0.25, 0.3) is 0 Å². The third-order valence-corrected chi connectivity index (χ3v) is 3.89. The molecule has 2 aromatic rings. The first-order valence-electron chi connectivity index (χ1n) is 8.12. The Balaban J connectivity index is 1.72. The molecular formula is C19H22F2N2O2. The van der Waals surface area contributed by atoms with Crippen LogP contribution in [0.15, 0.2) is 48.5 Å². The predicted octanol–water partition coefficient (Wildman–Crippen LogP) is 3.35. The number of rotatable bonds is 8. The van der Waals surface area contributed by atoms with E-state index in [0.29, 0.717) is 19.5 Å². The van der Waals surface area contributed by atoms with Gasteiger partial charge in [-0.2, -0.15) is 0 Å². The van der Waals surface area contributed by atoms with Crippen molar-refractivity contribution in [1.82, 2.24) is 4.90 Å². The van der Waals surface area contributed by atoms with Gasteiger partial charge in [-0.05, 0) is 31.2 Å². The van der Waals surface area contributed by atoms with Crippen LogP contribution in [-0.4, -0.2) is 36.1 Å². The van der Waals surface area contributed by atoms with Gasteiger partial charge >= 0.3 is 0 Å². The summed E-state index contributed by atoms with van der Waals surface area (Å²) in [4.78, 5) is 13.8. The first kappa shape index (κ1) is 19.0. The monoisotopic (exact) mass is 348 g/mol. The van der Waals surface area contributed by atoms with Gasteiger partial charge < -0.3 is 15.3 Å². The van der Waals surface area contributed by atoms with Crippen molar-refractivity contribution in [3.05, 3.63) is 65.7 Å². The molecule has 0 bridgehead atoms. The van der Waals surface area contributed by atoms with Gasteiger partial charge in [0.2, 0.25) is 5.91 Å². The molecule has 6 heteroatoms. The molecule has 4 nitrogen and oxygen atoms in total. The number of aliphatic hydroxyl groups excluding tert-OH is 1. The van der Waals surface area contributed by atoms with Gasteiger partial charge in [0.25, 0.3) is 0 Å². The number of hydrogen-bond acceptors (Lipinski definition) is 3. The SMILES string of the molecule is CN(CCC(=O)Nc1ccc(F)cc1F)CC[C@H](O)c1ccccc1. The molecular weight excluding hydrogens is 326 g/mol. The van der Waals surface area contributed by atoms with Gasteiger partial charge in [-0.3, -0.25) is 4.79 Å². The molecule has 1 amide bonds. The molecule has 0 heterocycles. The average molecular weight is 348 g/mol. The minimum absolute atomic E-state index is 0.0337. The minimum atomic E-state index is -0.798. The summed E-state index contributed by atoms with van der Waals surface area (Å²) in [6.07, 6.45) is 0.175. The topological polar surface area (TPSA) is 52.6 Å². The van der Waals surface area contributed by atoms with Crippen molar-refractivity contribution >= 4 is 11.6 Å². The number of anilines is 1. The van der Waals surface area contributed by atoms with Gasteiger partial charge in [-0.25, -0.2) is 8.78 Å². The van der Waals surface area contributed by atoms with E-state index >= 15 is 0 Å². The second-order valence-electron chi connectivity index (χ2n) is 5.94. The fraction of sp³-hybridized carbons (Fsp3) is 0.316. The summed E-state index contributed by atoms with van der Waals surface area (Å²) in [5, 5.41) is 12.5. The number of benzene rings is 2. The van der Waals surface area contributed by atoms with Crippen molar-refractivity contribution < 1.29 is 18.7 Å². The lowest BCUT2D eigenvalue weighted by atomic mass is 10.1. The maximum atomic E-state index is 13.5. The number of nitrogens with one attached hydrogen (secondary N) is 1. The van der Waals surface area contributed by atoms with Crippen molar-refractivity contribution in [2.75, 3.05) is 25.5 Å². The van der Waals surface area contributed by atoms with E-state index in [2.05, 4.69) is 5.32 Å². The Bertz CT molecular complexity index is 695. The Morgan fingerprint density at radius 2 is 1.88 bits per heavy atom. The summed E-state index contributed by atoms with van der Waals surface area (Å²) in [7, 11) is 1.85. The van der Waals surface area contributed by atoms with Crippen LogP contribution < -0.4 is 5.32 Å². The Morgan fingerprint density at radius 1 is 1.16 bits per heavy atom. The van der Waals surface area contributed by atoms with Gasteiger partial charge in [0.15, 0.2) is 0 Å². The molecule has 2 aromatic carbocycles. The lowest BCUT2D eigenvalue weighted by molar-refractivity contribution is -0.116. The van der Waals surface area contributed by atoms with Crippen molar-refractivity contribution in [1.29, 1.82) is 0 Å². The molecule has 134 valence electrons. The minimum Gasteiger partial charge on any atom is -0.388 e. The molecule has 0 spiro atoms. The predicted molar refractivity (Wildman–Crippen MR) is 93.1 cm³/mol. The normalized spacial score (nSPS) is 12.2. The number of halogens is 2. The molecule has 0 radical (unpaired) electrons. The molecule has 0 saturated heterocycles. The molecule has 0 aromatic heterocycles. The summed E-state index contributed by atoms with van der Waals surface area (Å²) >= 11 is 0. The van der Waals surface area contributed by atoms with Crippen LogP contribution in [0.1, 0.15) is 24.5 Å². The second kappa shape index (κ2) is 9.25. The fourth-order valence-electron chi connectivity index (χ4n) is 2.39. The number of hydrogen-bond donors (Lipinski definition) is 2. The van der Waals surface area contributed by atoms with Crippen LogP contribution in [0.3, 0.4) is 0 Å². The first-order valence-corrected chi connectivity index (χ1v) is 8.12. The zero-order chi connectivity index (χ0) is 18.2. The zero-order valence-electron chi connectivity index (χ0n) is 14.1. The van der Waals surface area contributed by atoms with Gasteiger partial charge in [-0.15, -0.1) is 0 Å². The molecule has 0 fully saturated rings. The summed E-state index contributed by atoms with van der Waals surface area (Å²) in [5.41, 5.74) is 0.828. The molecule has 0 aliphatic rings. The van der Waals surface area contributed by atoms with Crippen molar-refractivity contribution in [3.63, 3.8) is 0 Å². The fourth-order valence-corrected chi connectivity index (χ4v) is 2.39. The van der Waals surface area contributed by atoms with Gasteiger partial charge in [0.1, 0.15) is 11.6 Å². The van der Waals surface area contributed by atoms with Crippen LogP contribution in [-0.2, 0) is 4.79 Å². The second-order valence-corrected chi connectivity index (χ2v) is 5.94. The highest BCUT2D eigenvalue weighted by Crippen LogP contribution is 2.17. The summed E-state index contributed by atoms with van der Waals surface area (Å²) in [5.74, 6) is -1.83. The number of carbonyl (C=O) groups excluding carboxylic acids is 1. The number of nitrogens with zero attached hydrogens (tertiary/aromatic N) is 1. The van der Waals surface area contributed by atoms with E-state index in [4.69, 9.17) is 0 Å². The molecule has 2 rings (SSSR count). The maximum Gasteiger partial charge on any atom is 0.225 e. The average Bonchev–Trinajstić information content (AvgIpc) is 2.61. The van der Waals surface area contributed by atoms with Gasteiger partial charge in [0, 0.05) is 25.6 Å². The van der Waals surface area contributed by atoms with Crippen LogP contribution in [0, 0.1) is 11.6 Å². The molecule has 1 atom stereocenters. The highest BCUT2D eigenvalue weighted by Gasteiger charge is 2.11. The van der Waals surface area contributed by atoms with E-state index in [-0.39, 0.29) is 18.0 Å². The third kappa shape index (κ3) is 6.25. The van der Waals surface area contributed by atoms with E-state index in [1.165, 1.54) is 6.07 Å². The Kier molecular flexibility index (Phi) is 7.03. The summed E-state index contributed by atoms with van der Waals surface area (Å²) in [6.45, 7) is 1.09. The molecule has 0 aliphatic carbocycles. The highest BCUT2D eigenvalue weighted by atomic mass is 19.1. The van der Waals surface area contributed by atoms with E-state index in [9.17, 15) is 18.7 Å². The smallest absolute Gasteiger partial charge is 0.225 e. The zero-order valence-corrected chi connectivity index (χ0v) is 14.1. The third-order valence-electron chi connectivity index (χ3n) is 3.89.